The Morgan fingerprint density at radius 1 is 0.865 bits per heavy atom. The standard InChI is InChI=1S/C42H49N5O5/c1-3-43-41(50)44-25-31-9-7-10-33(23-31)34-11-8-12-35(24-34)39-51-37(29(2)38(52-39)32-17-15-30(27-48)16-18-32)26-46-21-19-42(20-22-46)40(49)45-28-47(42)36-13-5-4-6-14-36/h4-18,23-24,29,37-39,48H,3,19-22,25-28H2,1-2H3,(H,45,49)(H2,43,44,50). The molecule has 1 spiro atoms. The normalized spacial score (nSPS) is 23.0. The van der Waals surface area contributed by atoms with E-state index in [0.29, 0.717) is 19.8 Å². The van der Waals surface area contributed by atoms with E-state index in [2.05, 4.69) is 75.1 Å². The van der Waals surface area contributed by atoms with Gasteiger partial charge in [-0.15, -0.1) is 0 Å². The van der Waals surface area contributed by atoms with Gasteiger partial charge in [-0.3, -0.25) is 4.79 Å². The molecule has 10 nitrogen and oxygen atoms in total. The zero-order valence-corrected chi connectivity index (χ0v) is 30.0. The van der Waals surface area contributed by atoms with Crippen LogP contribution in [0.1, 0.15) is 61.3 Å². The second kappa shape index (κ2) is 15.9. The summed E-state index contributed by atoms with van der Waals surface area (Å²) < 4.78 is 13.7. The number of carbonyl (C=O) groups excluding carboxylic acids is 2. The van der Waals surface area contributed by atoms with Crippen molar-refractivity contribution in [3.63, 3.8) is 0 Å². The molecule has 4 aromatic carbocycles. The van der Waals surface area contributed by atoms with Crippen molar-refractivity contribution in [2.45, 2.75) is 63.9 Å². The molecule has 3 fully saturated rings. The first kappa shape index (κ1) is 35.7. The fourth-order valence-corrected chi connectivity index (χ4v) is 7.85. The highest BCUT2D eigenvalue weighted by Crippen LogP contribution is 2.43. The highest BCUT2D eigenvalue weighted by Gasteiger charge is 2.51. The third kappa shape index (κ3) is 7.56. The molecule has 3 amide bonds. The summed E-state index contributed by atoms with van der Waals surface area (Å²) in [6.07, 6.45) is 0.512. The number of nitrogens with one attached hydrogen (secondary N) is 3. The van der Waals surface area contributed by atoms with Crippen LogP contribution in [0, 0.1) is 5.92 Å². The topological polar surface area (TPSA) is 115 Å². The lowest BCUT2D eigenvalue weighted by molar-refractivity contribution is -0.276. The lowest BCUT2D eigenvalue weighted by Gasteiger charge is -2.46. The molecule has 4 atom stereocenters. The van der Waals surface area contributed by atoms with E-state index < -0.39 is 11.8 Å². The van der Waals surface area contributed by atoms with Crippen LogP contribution in [0.2, 0.25) is 0 Å². The summed E-state index contributed by atoms with van der Waals surface area (Å²) in [5, 5.41) is 18.5. The quantitative estimate of drug-likeness (QED) is 0.163. The van der Waals surface area contributed by atoms with Crippen LogP contribution in [0.5, 0.6) is 0 Å². The van der Waals surface area contributed by atoms with Gasteiger partial charge >= 0.3 is 6.03 Å². The number of hydrogen-bond donors (Lipinski definition) is 4. The molecule has 3 saturated heterocycles. The van der Waals surface area contributed by atoms with Gasteiger partial charge in [0.05, 0.1) is 25.5 Å². The second-order valence-electron chi connectivity index (χ2n) is 14.1. The summed E-state index contributed by atoms with van der Waals surface area (Å²) >= 11 is 0. The van der Waals surface area contributed by atoms with Gasteiger partial charge in [0.15, 0.2) is 6.29 Å². The predicted octanol–water partition coefficient (Wildman–Crippen LogP) is 5.88. The van der Waals surface area contributed by atoms with Gasteiger partial charge in [-0.1, -0.05) is 85.8 Å². The number of ether oxygens (including phenoxy) is 2. The first-order valence-corrected chi connectivity index (χ1v) is 18.4. The van der Waals surface area contributed by atoms with E-state index in [1.165, 1.54) is 0 Å². The van der Waals surface area contributed by atoms with Crippen LogP contribution in [-0.4, -0.2) is 66.4 Å². The number of para-hydroxylation sites is 1. The maximum atomic E-state index is 13.3. The molecule has 0 aliphatic carbocycles. The minimum absolute atomic E-state index is 0.0120. The van der Waals surface area contributed by atoms with Crippen molar-refractivity contribution in [3.8, 4) is 11.1 Å². The summed E-state index contributed by atoms with van der Waals surface area (Å²) in [5.74, 6) is 0.154. The van der Waals surface area contributed by atoms with E-state index in [1.807, 2.05) is 67.6 Å². The zero-order valence-electron chi connectivity index (χ0n) is 30.0. The van der Waals surface area contributed by atoms with Gasteiger partial charge in [0.25, 0.3) is 0 Å². The van der Waals surface area contributed by atoms with E-state index >= 15 is 0 Å². The van der Waals surface area contributed by atoms with E-state index in [-0.39, 0.29) is 36.7 Å². The number of benzene rings is 4. The molecule has 0 bridgehead atoms. The summed E-state index contributed by atoms with van der Waals surface area (Å²) in [4.78, 5) is 30.0. The number of amides is 3. The lowest BCUT2D eigenvalue weighted by atomic mass is 9.84. The molecule has 52 heavy (non-hydrogen) atoms. The average Bonchev–Trinajstić information content (AvgIpc) is 3.50. The Balaban J connectivity index is 1.10. The molecule has 3 heterocycles. The highest BCUT2D eigenvalue weighted by molar-refractivity contribution is 5.93. The van der Waals surface area contributed by atoms with Crippen LogP contribution < -0.4 is 20.9 Å². The first-order chi connectivity index (χ1) is 25.4. The summed E-state index contributed by atoms with van der Waals surface area (Å²) in [5.41, 5.74) is 6.43. The summed E-state index contributed by atoms with van der Waals surface area (Å²) in [6, 6.07) is 34.5. The molecule has 4 unspecified atom stereocenters. The number of nitrogens with zero attached hydrogens (tertiary/aromatic N) is 2. The van der Waals surface area contributed by atoms with Gasteiger partial charge in [0, 0.05) is 49.9 Å². The second-order valence-corrected chi connectivity index (χ2v) is 14.1. The maximum Gasteiger partial charge on any atom is 0.315 e. The Bertz CT molecular complexity index is 1830. The Morgan fingerprint density at radius 2 is 1.60 bits per heavy atom. The Labute approximate surface area is 306 Å². The molecular formula is C42H49N5O5. The number of urea groups is 1. The summed E-state index contributed by atoms with van der Waals surface area (Å²) in [7, 11) is 0. The third-order valence-corrected chi connectivity index (χ3v) is 10.9. The molecule has 4 aromatic rings. The summed E-state index contributed by atoms with van der Waals surface area (Å²) in [6.45, 7) is 7.88. The molecule has 4 N–H and O–H groups in total. The number of piperidine rings is 1. The predicted molar refractivity (Wildman–Crippen MR) is 201 cm³/mol. The van der Waals surface area contributed by atoms with Crippen LogP contribution in [-0.2, 0) is 27.4 Å². The van der Waals surface area contributed by atoms with Crippen molar-refractivity contribution < 1.29 is 24.2 Å². The van der Waals surface area contributed by atoms with Gasteiger partial charge in [-0.2, -0.15) is 0 Å². The lowest BCUT2D eigenvalue weighted by Crippen LogP contribution is -2.57. The number of aliphatic hydroxyl groups excluding tert-OH is 1. The first-order valence-electron chi connectivity index (χ1n) is 18.4. The van der Waals surface area contributed by atoms with Gasteiger partial charge in [-0.25, -0.2) is 4.79 Å². The fraction of sp³-hybridized carbons (Fsp3) is 0.381. The number of aliphatic hydroxyl groups is 1. The Hall–Kier alpha value is -4.74. The largest absolute Gasteiger partial charge is 0.392 e. The highest BCUT2D eigenvalue weighted by atomic mass is 16.7. The van der Waals surface area contributed by atoms with Crippen LogP contribution in [0.3, 0.4) is 0 Å². The van der Waals surface area contributed by atoms with Crippen molar-refractivity contribution >= 4 is 17.6 Å². The molecule has 10 heteroatoms. The van der Waals surface area contributed by atoms with E-state index in [1.54, 1.807) is 0 Å². The van der Waals surface area contributed by atoms with E-state index in [9.17, 15) is 14.7 Å². The molecule has 272 valence electrons. The van der Waals surface area contributed by atoms with Crippen LogP contribution >= 0.6 is 0 Å². The number of carbonyl (C=O) groups is 2. The zero-order chi connectivity index (χ0) is 36.1. The number of anilines is 1. The van der Waals surface area contributed by atoms with E-state index in [4.69, 9.17) is 9.47 Å². The number of rotatable bonds is 10. The van der Waals surface area contributed by atoms with Crippen molar-refractivity contribution in [3.05, 3.63) is 125 Å². The molecule has 0 aromatic heterocycles. The number of likely N-dealkylation sites (tertiary alicyclic amines) is 1. The van der Waals surface area contributed by atoms with Gasteiger partial charge in [0.2, 0.25) is 5.91 Å². The molecule has 3 aliphatic rings. The van der Waals surface area contributed by atoms with Crippen LogP contribution in [0.25, 0.3) is 11.1 Å². The van der Waals surface area contributed by atoms with Gasteiger partial charge in [0.1, 0.15) is 5.54 Å². The van der Waals surface area contributed by atoms with Crippen molar-refractivity contribution in [2.75, 3.05) is 37.7 Å². The third-order valence-electron chi connectivity index (χ3n) is 10.9. The SMILES string of the molecule is CCNC(=O)NCc1cccc(-c2cccc(C3OC(CN4CCC5(CC4)C(=O)NCN5c4ccccc4)C(C)C(c4ccc(CO)cc4)O3)c2)c1. The monoisotopic (exact) mass is 703 g/mol. The van der Waals surface area contributed by atoms with Crippen LogP contribution in [0.4, 0.5) is 10.5 Å². The maximum absolute atomic E-state index is 13.3. The minimum Gasteiger partial charge on any atom is -0.392 e. The molecule has 7 rings (SSSR count). The van der Waals surface area contributed by atoms with Gasteiger partial charge in [-0.05, 0) is 71.8 Å². The fourth-order valence-electron chi connectivity index (χ4n) is 7.85. The number of hydrogen-bond acceptors (Lipinski definition) is 7. The minimum atomic E-state index is -0.600. The molecule has 0 saturated carbocycles. The van der Waals surface area contributed by atoms with Crippen LogP contribution in [0.15, 0.2) is 103 Å². The van der Waals surface area contributed by atoms with Crippen molar-refractivity contribution in [1.29, 1.82) is 0 Å². The molecule has 0 radical (unpaired) electrons. The van der Waals surface area contributed by atoms with Crippen molar-refractivity contribution in [2.24, 2.45) is 5.92 Å². The smallest absolute Gasteiger partial charge is 0.315 e. The Kier molecular flexibility index (Phi) is 10.9. The van der Waals surface area contributed by atoms with Gasteiger partial charge < -0.3 is 40.3 Å². The van der Waals surface area contributed by atoms with E-state index in [0.717, 1.165) is 71.5 Å². The molecule has 3 aliphatic heterocycles. The molecular weight excluding hydrogens is 654 g/mol. The van der Waals surface area contributed by atoms with Crippen molar-refractivity contribution in [1.82, 2.24) is 20.9 Å². The average molecular weight is 704 g/mol. The Morgan fingerprint density at radius 3 is 2.33 bits per heavy atom.